The third-order valence-corrected chi connectivity index (χ3v) is 3.21. The Morgan fingerprint density at radius 3 is 2.35 bits per heavy atom. The Kier molecular flexibility index (Phi) is 3.87. The fourth-order valence-corrected chi connectivity index (χ4v) is 2.52. The van der Waals surface area contributed by atoms with Crippen molar-refractivity contribution in [2.24, 2.45) is 11.5 Å². The van der Waals surface area contributed by atoms with Gasteiger partial charge in [-0.05, 0) is 13.8 Å². The van der Waals surface area contributed by atoms with Crippen molar-refractivity contribution >= 4 is 11.9 Å². The van der Waals surface area contributed by atoms with E-state index in [-0.39, 0.29) is 0 Å². The summed E-state index contributed by atoms with van der Waals surface area (Å²) in [6, 6.07) is -2.01. The number of hydrogen-bond acceptors (Lipinski definition) is 6. The maximum Gasteiger partial charge on any atom is 0.312 e. The normalized spacial score (nSPS) is 36.4. The van der Waals surface area contributed by atoms with E-state index in [2.05, 4.69) is 5.32 Å². The van der Waals surface area contributed by atoms with Gasteiger partial charge >= 0.3 is 6.03 Å². The van der Waals surface area contributed by atoms with E-state index >= 15 is 0 Å². The summed E-state index contributed by atoms with van der Waals surface area (Å²) in [5.74, 6) is -1.62. The molecule has 0 radical (unpaired) electrons. The van der Waals surface area contributed by atoms with Crippen molar-refractivity contribution < 1.29 is 28.5 Å². The van der Waals surface area contributed by atoms with Gasteiger partial charge in [0.25, 0.3) is 0 Å². The molecule has 2 aliphatic heterocycles. The van der Waals surface area contributed by atoms with Gasteiger partial charge in [-0.25, -0.2) is 4.79 Å². The molecule has 20 heavy (non-hydrogen) atoms. The molecule has 0 unspecified atom stereocenters. The van der Waals surface area contributed by atoms with Crippen LogP contribution in [0, 0.1) is 0 Å². The van der Waals surface area contributed by atoms with Gasteiger partial charge in [0.15, 0.2) is 12.1 Å². The van der Waals surface area contributed by atoms with Gasteiger partial charge in [0.05, 0.1) is 0 Å². The summed E-state index contributed by atoms with van der Waals surface area (Å²) in [6.45, 7) is 3.46. The molecule has 0 bridgehead atoms. The summed E-state index contributed by atoms with van der Waals surface area (Å²) < 4.78 is 22.1. The van der Waals surface area contributed by atoms with Crippen LogP contribution in [-0.2, 0) is 23.7 Å². The van der Waals surface area contributed by atoms with Gasteiger partial charge in [-0.2, -0.15) is 0 Å². The molecule has 2 rings (SSSR count). The fourth-order valence-electron chi connectivity index (χ4n) is 2.52. The van der Waals surface area contributed by atoms with Crippen LogP contribution in [0.5, 0.6) is 0 Å². The lowest BCUT2D eigenvalue weighted by atomic mass is 10.0. The first-order chi connectivity index (χ1) is 9.25. The molecule has 2 saturated heterocycles. The minimum atomic E-state index is -1.13. The number of fused-ring (bicyclic) bond motifs is 1. The highest BCUT2D eigenvalue weighted by Crippen LogP contribution is 2.39. The Hall–Kier alpha value is -1.42. The zero-order valence-electron chi connectivity index (χ0n) is 11.5. The van der Waals surface area contributed by atoms with Gasteiger partial charge in [0.2, 0.25) is 5.91 Å². The second kappa shape index (κ2) is 5.17. The smallest absolute Gasteiger partial charge is 0.312 e. The molecule has 0 saturated carbocycles. The highest BCUT2D eigenvalue weighted by atomic mass is 16.8. The molecule has 5 N–H and O–H groups in total. The first-order valence-electron chi connectivity index (χ1n) is 6.14. The lowest BCUT2D eigenvalue weighted by molar-refractivity contribution is -0.229. The molecule has 0 aromatic rings. The minimum absolute atomic E-state index is 0.517. The average molecular weight is 289 g/mol. The first kappa shape index (κ1) is 15.0. The van der Waals surface area contributed by atoms with E-state index in [1.165, 1.54) is 7.11 Å². The molecule has 3 amide bonds. The lowest BCUT2D eigenvalue weighted by Gasteiger charge is -2.27. The number of carbonyl (C=O) groups excluding carboxylic acids is 2. The Labute approximate surface area is 115 Å². The third-order valence-electron chi connectivity index (χ3n) is 3.21. The third kappa shape index (κ3) is 2.70. The van der Waals surface area contributed by atoms with Crippen LogP contribution < -0.4 is 16.8 Å². The minimum Gasteiger partial charge on any atom is -0.368 e. The molecular weight excluding hydrogens is 270 g/mol. The van der Waals surface area contributed by atoms with Gasteiger partial charge in [-0.15, -0.1) is 0 Å². The predicted octanol–water partition coefficient (Wildman–Crippen LogP) is -1.60. The van der Waals surface area contributed by atoms with Crippen LogP contribution in [0.1, 0.15) is 13.8 Å². The Morgan fingerprint density at radius 1 is 1.25 bits per heavy atom. The standard InChI is InChI=1S/C11H19N3O6/c1-11(2)19-6-5(4(8(12)15)14-10(13)16)18-9(17-3)7(6)20-11/h4-7,9H,1-3H3,(H2,12,15)(H3,13,14,16)/t4-,5-,6+,7+,9+/m1/s1. The highest BCUT2D eigenvalue weighted by molar-refractivity contribution is 5.86. The van der Waals surface area contributed by atoms with Gasteiger partial charge in [-0.1, -0.05) is 0 Å². The molecule has 9 heteroatoms. The Morgan fingerprint density at radius 2 is 1.85 bits per heavy atom. The van der Waals surface area contributed by atoms with Crippen LogP contribution in [-0.4, -0.2) is 55.5 Å². The van der Waals surface area contributed by atoms with E-state index in [1.54, 1.807) is 13.8 Å². The number of carbonyl (C=O) groups is 2. The summed E-state index contributed by atoms with van der Waals surface area (Å²) >= 11 is 0. The van der Waals surface area contributed by atoms with Crippen molar-refractivity contribution in [3.05, 3.63) is 0 Å². The van der Waals surface area contributed by atoms with Gasteiger partial charge in [0, 0.05) is 7.11 Å². The van der Waals surface area contributed by atoms with Crippen molar-refractivity contribution in [2.45, 2.75) is 50.3 Å². The van der Waals surface area contributed by atoms with Gasteiger partial charge in [-0.3, -0.25) is 4.79 Å². The molecule has 114 valence electrons. The summed E-state index contributed by atoms with van der Waals surface area (Å²) in [6.07, 6.45) is -2.67. The number of rotatable bonds is 4. The molecule has 5 atom stereocenters. The topological polar surface area (TPSA) is 135 Å². The quantitative estimate of drug-likeness (QED) is 0.570. The first-order valence-corrected chi connectivity index (χ1v) is 6.14. The number of nitrogens with one attached hydrogen (secondary N) is 1. The largest absolute Gasteiger partial charge is 0.368 e. The number of methoxy groups -OCH3 is 1. The fraction of sp³-hybridized carbons (Fsp3) is 0.818. The number of primary amides is 2. The van der Waals surface area contributed by atoms with Crippen molar-refractivity contribution in [1.82, 2.24) is 5.32 Å². The van der Waals surface area contributed by atoms with E-state index in [0.717, 1.165) is 0 Å². The van der Waals surface area contributed by atoms with Crippen LogP contribution in [0.25, 0.3) is 0 Å². The Balaban J connectivity index is 2.22. The molecule has 0 aromatic carbocycles. The summed E-state index contributed by atoms with van der Waals surface area (Å²) in [4.78, 5) is 22.5. The number of amides is 3. The van der Waals surface area contributed by atoms with Crippen LogP contribution in [0.15, 0.2) is 0 Å². The monoisotopic (exact) mass is 289 g/mol. The second-order valence-electron chi connectivity index (χ2n) is 5.16. The summed E-state index contributed by atoms with van der Waals surface area (Å²) in [5, 5.41) is 2.25. The van der Waals surface area contributed by atoms with Crippen LogP contribution in [0.3, 0.4) is 0 Å². The maximum atomic E-state index is 11.5. The van der Waals surface area contributed by atoms with E-state index in [0.29, 0.717) is 0 Å². The second-order valence-corrected chi connectivity index (χ2v) is 5.16. The molecule has 2 aliphatic rings. The van der Waals surface area contributed by atoms with Crippen molar-refractivity contribution in [3.63, 3.8) is 0 Å². The van der Waals surface area contributed by atoms with Crippen LogP contribution in [0.4, 0.5) is 4.79 Å². The highest BCUT2D eigenvalue weighted by Gasteiger charge is 2.58. The number of hydrogen-bond donors (Lipinski definition) is 3. The van der Waals surface area contributed by atoms with Crippen molar-refractivity contribution in [2.75, 3.05) is 7.11 Å². The van der Waals surface area contributed by atoms with E-state index in [1.807, 2.05) is 0 Å². The molecule has 2 heterocycles. The molecule has 2 fully saturated rings. The maximum absolute atomic E-state index is 11.5. The predicted molar refractivity (Wildman–Crippen MR) is 65.2 cm³/mol. The zero-order chi connectivity index (χ0) is 15.1. The van der Waals surface area contributed by atoms with Crippen LogP contribution >= 0.6 is 0 Å². The lowest BCUT2D eigenvalue weighted by Crippen LogP contribution is -2.56. The summed E-state index contributed by atoms with van der Waals surface area (Å²) in [7, 11) is 1.44. The molecular formula is C11H19N3O6. The number of urea groups is 1. The van der Waals surface area contributed by atoms with Crippen molar-refractivity contribution in [3.8, 4) is 0 Å². The van der Waals surface area contributed by atoms with Crippen LogP contribution in [0.2, 0.25) is 0 Å². The van der Waals surface area contributed by atoms with Crippen molar-refractivity contribution in [1.29, 1.82) is 0 Å². The molecule has 0 aromatic heterocycles. The summed E-state index contributed by atoms with van der Waals surface area (Å²) in [5.41, 5.74) is 10.3. The molecule has 0 spiro atoms. The van der Waals surface area contributed by atoms with Gasteiger partial charge in [0.1, 0.15) is 24.4 Å². The van der Waals surface area contributed by atoms with E-state index < -0.39 is 48.4 Å². The zero-order valence-corrected chi connectivity index (χ0v) is 11.5. The molecule has 0 aliphatic carbocycles. The SMILES string of the molecule is CO[C@H]1O[C@H]([C@@H](NC(N)=O)C(N)=O)[C@@H]2OC(C)(C)O[C@H]12. The van der Waals surface area contributed by atoms with E-state index in [4.69, 9.17) is 30.4 Å². The average Bonchev–Trinajstić information content (AvgIpc) is 2.78. The number of nitrogens with two attached hydrogens (primary N) is 2. The van der Waals surface area contributed by atoms with E-state index in [9.17, 15) is 9.59 Å². The Bertz CT molecular complexity index is 415. The molecule has 9 nitrogen and oxygen atoms in total. The van der Waals surface area contributed by atoms with Gasteiger partial charge < -0.3 is 35.7 Å². The number of ether oxygens (including phenoxy) is 4.